The third-order valence-electron chi connectivity index (χ3n) is 8.17. The Morgan fingerprint density at radius 1 is 0.660 bits per heavy atom. The average molecular weight is 665 g/mol. The lowest BCUT2D eigenvalue weighted by atomic mass is 9.99. The molecule has 47 heavy (non-hydrogen) atoms. The van der Waals surface area contributed by atoms with Crippen molar-refractivity contribution in [1.29, 1.82) is 0 Å². The van der Waals surface area contributed by atoms with E-state index in [-0.39, 0.29) is 32.9 Å². The van der Waals surface area contributed by atoms with Gasteiger partial charge in [-0.25, -0.2) is 0 Å². The first kappa shape index (κ1) is 34.5. The highest BCUT2D eigenvalue weighted by Crippen LogP contribution is 2.32. The molecular weight excluding hydrogens is 624 g/mol. The quantitative estimate of drug-likeness (QED) is 0.158. The lowest BCUT2D eigenvalue weighted by Crippen LogP contribution is -2.52. The molecule has 4 aromatic carbocycles. The van der Waals surface area contributed by atoms with E-state index in [4.69, 9.17) is 14.2 Å². The zero-order valence-corrected chi connectivity index (χ0v) is 26.8. The van der Waals surface area contributed by atoms with Crippen molar-refractivity contribution in [3.8, 4) is 11.5 Å². The number of benzene rings is 4. The molecule has 12 heteroatoms. The standard InChI is InChI=1S/C35H40N2O9S/c1-44-35(41)28-18-16-26(17-19-28)21-37-32(24-46-30-10-6-3-7-11-30)34(40)33(39)31(23-45-29-8-4-2-5-9-29)36(47(37,42)43)20-25-12-14-27(22-38)15-13-25/h2-19,31-35,38-41H,20-24H2,1H3/t31-,32-,33+,34+,35+/m1/s1. The van der Waals surface area contributed by atoms with Gasteiger partial charge in [-0.2, -0.15) is 17.0 Å². The van der Waals surface area contributed by atoms with E-state index in [0.29, 0.717) is 33.8 Å². The Morgan fingerprint density at radius 2 is 1.06 bits per heavy atom. The lowest BCUT2D eigenvalue weighted by Gasteiger charge is -2.34. The van der Waals surface area contributed by atoms with Crippen molar-refractivity contribution in [2.45, 2.75) is 50.3 Å². The van der Waals surface area contributed by atoms with Crippen LogP contribution in [0.2, 0.25) is 0 Å². The summed E-state index contributed by atoms with van der Waals surface area (Å²) in [4.78, 5) is 0. The van der Waals surface area contributed by atoms with Crippen molar-refractivity contribution in [3.63, 3.8) is 0 Å². The highest BCUT2D eigenvalue weighted by Gasteiger charge is 2.51. The van der Waals surface area contributed by atoms with Gasteiger partial charge in [-0.1, -0.05) is 84.9 Å². The predicted molar refractivity (Wildman–Crippen MR) is 174 cm³/mol. The van der Waals surface area contributed by atoms with Crippen LogP contribution >= 0.6 is 0 Å². The number of rotatable bonds is 13. The van der Waals surface area contributed by atoms with Gasteiger partial charge in [0.15, 0.2) is 6.29 Å². The highest BCUT2D eigenvalue weighted by atomic mass is 32.2. The number of para-hydroxylation sites is 2. The number of hydrogen-bond donors (Lipinski definition) is 4. The van der Waals surface area contributed by atoms with Crippen molar-refractivity contribution in [1.82, 2.24) is 8.61 Å². The molecule has 0 spiro atoms. The average Bonchev–Trinajstić information content (AvgIpc) is 3.15. The molecule has 5 rings (SSSR count). The first-order valence-electron chi connectivity index (χ1n) is 15.2. The van der Waals surface area contributed by atoms with E-state index in [1.54, 1.807) is 97.1 Å². The van der Waals surface area contributed by atoms with E-state index in [9.17, 15) is 28.8 Å². The Kier molecular flexibility index (Phi) is 11.6. The minimum absolute atomic E-state index is 0.150. The maximum Gasteiger partial charge on any atom is 0.283 e. The van der Waals surface area contributed by atoms with Crippen LogP contribution in [0.4, 0.5) is 0 Å². The molecule has 4 aromatic rings. The first-order chi connectivity index (χ1) is 22.7. The van der Waals surface area contributed by atoms with E-state index >= 15 is 0 Å². The number of hydrogen-bond acceptors (Lipinski definition) is 9. The number of ether oxygens (including phenoxy) is 3. The van der Waals surface area contributed by atoms with Crippen LogP contribution in [0.25, 0.3) is 0 Å². The zero-order valence-electron chi connectivity index (χ0n) is 25.9. The summed E-state index contributed by atoms with van der Waals surface area (Å²) < 4.78 is 48.9. The van der Waals surface area contributed by atoms with Gasteiger partial charge in [-0.15, -0.1) is 0 Å². The molecule has 1 fully saturated rings. The van der Waals surface area contributed by atoms with Crippen LogP contribution in [0.5, 0.6) is 11.5 Å². The summed E-state index contributed by atoms with van der Waals surface area (Å²) in [5.41, 5.74) is 2.32. The van der Waals surface area contributed by atoms with Gasteiger partial charge in [0, 0.05) is 25.8 Å². The largest absolute Gasteiger partial charge is 0.492 e. The number of nitrogens with zero attached hydrogens (tertiary/aromatic N) is 2. The Morgan fingerprint density at radius 3 is 1.47 bits per heavy atom. The van der Waals surface area contributed by atoms with Crippen LogP contribution in [-0.2, 0) is 34.6 Å². The van der Waals surface area contributed by atoms with Crippen molar-refractivity contribution in [2.75, 3.05) is 20.3 Å². The van der Waals surface area contributed by atoms with Crippen LogP contribution in [0, 0.1) is 0 Å². The Balaban J connectivity index is 1.56. The summed E-state index contributed by atoms with van der Waals surface area (Å²) in [5, 5.41) is 43.1. The zero-order chi connectivity index (χ0) is 33.4. The van der Waals surface area contributed by atoms with E-state index < -0.39 is 40.8 Å². The van der Waals surface area contributed by atoms with Crippen molar-refractivity contribution < 1.29 is 43.1 Å². The van der Waals surface area contributed by atoms with Crippen molar-refractivity contribution in [3.05, 3.63) is 131 Å². The van der Waals surface area contributed by atoms with E-state index in [1.165, 1.54) is 7.11 Å². The molecule has 0 unspecified atom stereocenters. The molecule has 0 radical (unpaired) electrons. The van der Waals surface area contributed by atoms with Gasteiger partial charge in [0.1, 0.15) is 36.9 Å². The first-order valence-corrected chi connectivity index (χ1v) is 16.6. The van der Waals surface area contributed by atoms with Crippen molar-refractivity contribution in [2.24, 2.45) is 0 Å². The van der Waals surface area contributed by atoms with Crippen LogP contribution in [0.15, 0.2) is 109 Å². The molecule has 1 heterocycles. The fraction of sp³-hybridized carbons (Fsp3) is 0.314. The van der Waals surface area contributed by atoms with Gasteiger partial charge in [0.05, 0.1) is 18.7 Å². The molecule has 11 nitrogen and oxygen atoms in total. The Hall–Kier alpha value is -3.85. The second kappa shape index (κ2) is 15.8. The van der Waals surface area contributed by atoms with Crippen LogP contribution in [0.3, 0.4) is 0 Å². The fourth-order valence-electron chi connectivity index (χ4n) is 5.46. The van der Waals surface area contributed by atoms with Gasteiger partial charge in [0.2, 0.25) is 0 Å². The third-order valence-corrected chi connectivity index (χ3v) is 10.2. The second-order valence-corrected chi connectivity index (χ2v) is 13.1. The summed E-state index contributed by atoms with van der Waals surface area (Å²) in [5.74, 6) is 0.945. The molecule has 0 aliphatic carbocycles. The summed E-state index contributed by atoms with van der Waals surface area (Å²) in [6.45, 7) is -1.00. The molecule has 5 atom stereocenters. The summed E-state index contributed by atoms with van der Waals surface area (Å²) >= 11 is 0. The number of methoxy groups -OCH3 is 1. The molecule has 0 bridgehead atoms. The van der Waals surface area contributed by atoms with Gasteiger partial charge < -0.3 is 34.6 Å². The van der Waals surface area contributed by atoms with E-state index in [2.05, 4.69) is 0 Å². The van der Waals surface area contributed by atoms with E-state index in [0.717, 1.165) is 8.61 Å². The minimum atomic E-state index is -4.45. The molecule has 250 valence electrons. The molecule has 0 saturated carbocycles. The molecule has 4 N–H and O–H groups in total. The lowest BCUT2D eigenvalue weighted by molar-refractivity contribution is -0.0769. The number of aliphatic hydroxyl groups excluding tert-OH is 4. The Bertz CT molecular complexity index is 1640. The molecular formula is C35H40N2O9S. The molecule has 0 aromatic heterocycles. The molecule has 1 aliphatic heterocycles. The second-order valence-electron chi connectivity index (χ2n) is 11.3. The van der Waals surface area contributed by atoms with Gasteiger partial charge >= 0.3 is 0 Å². The normalized spacial score (nSPS) is 22.3. The van der Waals surface area contributed by atoms with Crippen LogP contribution in [-0.4, -0.2) is 82.1 Å². The highest BCUT2D eigenvalue weighted by molar-refractivity contribution is 7.86. The van der Waals surface area contributed by atoms with E-state index in [1.807, 2.05) is 12.1 Å². The maximum absolute atomic E-state index is 14.8. The topological polar surface area (TPSA) is 149 Å². The predicted octanol–water partition coefficient (Wildman–Crippen LogP) is 3.00. The Labute approximate surface area is 275 Å². The fourth-order valence-corrected chi connectivity index (χ4v) is 7.41. The maximum atomic E-state index is 14.8. The summed E-state index contributed by atoms with van der Waals surface area (Å²) in [7, 11) is -3.08. The SMILES string of the molecule is CO[C@H](O)c1ccc(CN2[C@H](COc3ccccc3)[C@H](O)[C@@H](O)[C@@H](COc3ccccc3)N(Cc3ccc(CO)cc3)S2(=O)=O)cc1. The molecule has 0 amide bonds. The summed E-state index contributed by atoms with van der Waals surface area (Å²) in [6.07, 6.45) is -4.29. The van der Waals surface area contributed by atoms with Crippen LogP contribution in [0.1, 0.15) is 28.5 Å². The van der Waals surface area contributed by atoms with Gasteiger partial charge in [0.25, 0.3) is 10.2 Å². The monoisotopic (exact) mass is 664 g/mol. The third kappa shape index (κ3) is 8.36. The minimum Gasteiger partial charge on any atom is -0.492 e. The van der Waals surface area contributed by atoms with Crippen LogP contribution < -0.4 is 9.47 Å². The smallest absolute Gasteiger partial charge is 0.283 e. The summed E-state index contributed by atoms with van der Waals surface area (Å²) in [6, 6.07) is 28.7. The van der Waals surface area contributed by atoms with Gasteiger partial charge in [-0.05, 0) is 41.0 Å². The van der Waals surface area contributed by atoms with Gasteiger partial charge in [-0.3, -0.25) is 0 Å². The molecule has 1 aliphatic rings. The number of aliphatic hydroxyl groups is 4. The molecule has 1 saturated heterocycles. The van der Waals surface area contributed by atoms with Crippen molar-refractivity contribution >= 4 is 10.2 Å².